The van der Waals surface area contributed by atoms with Crippen molar-refractivity contribution in [3.05, 3.63) is 23.2 Å². The molecule has 0 aliphatic heterocycles. The summed E-state index contributed by atoms with van der Waals surface area (Å²) in [6.07, 6.45) is 1.08. The SMILES string of the molecule is COc1ccc(Cl)c(NC(=O)C2(/C(N)=N/O)CC(C)C2)c1. The van der Waals surface area contributed by atoms with Crippen LogP contribution in [0.2, 0.25) is 5.02 Å². The fourth-order valence-corrected chi connectivity index (χ4v) is 2.87. The lowest BCUT2D eigenvalue weighted by Crippen LogP contribution is -2.54. The number of nitrogens with zero attached hydrogens (tertiary/aromatic N) is 1. The molecule has 0 unspecified atom stereocenters. The monoisotopic (exact) mass is 311 g/mol. The molecule has 1 aliphatic rings. The average Bonchev–Trinajstić information content (AvgIpc) is 2.44. The van der Waals surface area contributed by atoms with E-state index in [0.717, 1.165) is 0 Å². The molecular formula is C14H18ClN3O3. The van der Waals surface area contributed by atoms with Crippen molar-refractivity contribution in [3.63, 3.8) is 0 Å². The van der Waals surface area contributed by atoms with Gasteiger partial charge in [0.15, 0.2) is 5.84 Å². The van der Waals surface area contributed by atoms with Crippen molar-refractivity contribution in [2.24, 2.45) is 22.2 Å². The van der Waals surface area contributed by atoms with Crippen LogP contribution in [0.15, 0.2) is 23.4 Å². The normalized spacial score (nSPS) is 25.1. The third kappa shape index (κ3) is 2.76. The summed E-state index contributed by atoms with van der Waals surface area (Å²) in [7, 11) is 1.53. The van der Waals surface area contributed by atoms with Gasteiger partial charge in [0.25, 0.3) is 0 Å². The number of carbonyl (C=O) groups is 1. The van der Waals surface area contributed by atoms with Crippen LogP contribution in [0.3, 0.4) is 0 Å². The number of amidine groups is 1. The van der Waals surface area contributed by atoms with Crippen molar-refractivity contribution in [1.29, 1.82) is 0 Å². The molecule has 0 spiro atoms. The maximum atomic E-state index is 12.5. The molecule has 4 N–H and O–H groups in total. The number of hydrogen-bond acceptors (Lipinski definition) is 4. The Hall–Kier alpha value is -1.95. The molecule has 114 valence electrons. The Morgan fingerprint density at radius 2 is 2.24 bits per heavy atom. The number of nitrogens with one attached hydrogen (secondary N) is 1. The molecule has 0 radical (unpaired) electrons. The highest BCUT2D eigenvalue weighted by molar-refractivity contribution is 6.34. The van der Waals surface area contributed by atoms with E-state index in [9.17, 15) is 4.79 Å². The van der Waals surface area contributed by atoms with Gasteiger partial charge in [0.05, 0.1) is 17.8 Å². The minimum Gasteiger partial charge on any atom is -0.497 e. The van der Waals surface area contributed by atoms with Crippen molar-refractivity contribution in [3.8, 4) is 5.75 Å². The van der Waals surface area contributed by atoms with E-state index < -0.39 is 5.41 Å². The van der Waals surface area contributed by atoms with Crippen LogP contribution in [0.1, 0.15) is 19.8 Å². The van der Waals surface area contributed by atoms with Crippen molar-refractivity contribution < 1.29 is 14.7 Å². The first-order valence-corrected chi connectivity index (χ1v) is 6.93. The number of amides is 1. The Bertz CT molecular complexity index is 583. The molecule has 1 fully saturated rings. The van der Waals surface area contributed by atoms with Gasteiger partial charge in [-0.2, -0.15) is 0 Å². The van der Waals surface area contributed by atoms with Gasteiger partial charge in [0.2, 0.25) is 5.91 Å². The Labute approximate surface area is 127 Å². The van der Waals surface area contributed by atoms with Gasteiger partial charge in [0.1, 0.15) is 11.2 Å². The zero-order valence-electron chi connectivity index (χ0n) is 11.9. The summed E-state index contributed by atoms with van der Waals surface area (Å²) < 4.78 is 5.10. The molecule has 0 atom stereocenters. The third-order valence-corrected chi connectivity index (χ3v) is 4.18. The van der Waals surface area contributed by atoms with Gasteiger partial charge in [-0.05, 0) is 30.9 Å². The zero-order chi connectivity index (χ0) is 15.6. The largest absolute Gasteiger partial charge is 0.497 e. The molecule has 2 rings (SSSR count). The Morgan fingerprint density at radius 3 is 2.76 bits per heavy atom. The molecular weight excluding hydrogens is 294 g/mol. The van der Waals surface area contributed by atoms with E-state index in [1.165, 1.54) is 7.11 Å². The smallest absolute Gasteiger partial charge is 0.238 e. The minimum atomic E-state index is -0.972. The van der Waals surface area contributed by atoms with Crippen LogP contribution in [0, 0.1) is 11.3 Å². The van der Waals surface area contributed by atoms with Gasteiger partial charge in [-0.25, -0.2) is 0 Å². The number of oxime groups is 1. The number of hydrogen-bond donors (Lipinski definition) is 3. The fraction of sp³-hybridized carbons (Fsp3) is 0.429. The van der Waals surface area contributed by atoms with E-state index in [0.29, 0.717) is 35.2 Å². The molecule has 1 aromatic rings. The second kappa shape index (κ2) is 5.81. The molecule has 6 nitrogen and oxygen atoms in total. The fourth-order valence-electron chi connectivity index (χ4n) is 2.71. The van der Waals surface area contributed by atoms with Gasteiger partial charge in [-0.15, -0.1) is 0 Å². The highest BCUT2D eigenvalue weighted by atomic mass is 35.5. The highest BCUT2D eigenvalue weighted by Crippen LogP contribution is 2.46. The molecule has 1 amide bonds. The Kier molecular flexibility index (Phi) is 4.27. The molecule has 1 aliphatic carbocycles. The number of methoxy groups -OCH3 is 1. The molecule has 1 saturated carbocycles. The maximum absolute atomic E-state index is 12.5. The van der Waals surface area contributed by atoms with Crippen molar-refractivity contribution in [1.82, 2.24) is 0 Å². The zero-order valence-corrected chi connectivity index (χ0v) is 12.6. The van der Waals surface area contributed by atoms with E-state index in [2.05, 4.69) is 10.5 Å². The summed E-state index contributed by atoms with van der Waals surface area (Å²) in [5, 5.41) is 15.1. The minimum absolute atomic E-state index is 0.0721. The van der Waals surface area contributed by atoms with Crippen LogP contribution in [-0.2, 0) is 4.79 Å². The Balaban J connectivity index is 2.24. The average molecular weight is 312 g/mol. The second-order valence-electron chi connectivity index (χ2n) is 5.38. The number of anilines is 1. The van der Waals surface area contributed by atoms with Gasteiger partial charge in [-0.3, -0.25) is 4.79 Å². The maximum Gasteiger partial charge on any atom is 0.238 e. The van der Waals surface area contributed by atoms with Crippen LogP contribution in [0.5, 0.6) is 5.75 Å². The van der Waals surface area contributed by atoms with Crippen LogP contribution >= 0.6 is 11.6 Å². The molecule has 0 aromatic heterocycles. The lowest BCUT2D eigenvalue weighted by molar-refractivity contribution is -0.127. The van der Waals surface area contributed by atoms with Gasteiger partial charge < -0.3 is 21.0 Å². The Morgan fingerprint density at radius 1 is 1.57 bits per heavy atom. The van der Waals surface area contributed by atoms with Crippen LogP contribution in [-0.4, -0.2) is 24.1 Å². The number of rotatable bonds is 4. The predicted octanol–water partition coefficient (Wildman–Crippen LogP) is 2.45. The first-order valence-electron chi connectivity index (χ1n) is 6.56. The summed E-state index contributed by atoms with van der Waals surface area (Å²) in [4.78, 5) is 12.5. The van der Waals surface area contributed by atoms with Gasteiger partial charge in [0, 0.05) is 6.07 Å². The summed E-state index contributed by atoms with van der Waals surface area (Å²) in [5.41, 5.74) is 5.17. The molecule has 0 saturated heterocycles. The first kappa shape index (κ1) is 15.4. The van der Waals surface area contributed by atoms with Crippen LogP contribution in [0.25, 0.3) is 0 Å². The van der Waals surface area contributed by atoms with Crippen molar-refractivity contribution in [2.75, 3.05) is 12.4 Å². The molecule has 0 heterocycles. The van der Waals surface area contributed by atoms with Crippen LogP contribution < -0.4 is 15.8 Å². The molecule has 7 heteroatoms. The highest BCUT2D eigenvalue weighted by Gasteiger charge is 2.52. The topological polar surface area (TPSA) is 96.9 Å². The van der Waals surface area contributed by atoms with E-state index in [1.54, 1.807) is 18.2 Å². The van der Waals surface area contributed by atoms with Gasteiger partial charge >= 0.3 is 0 Å². The lowest BCUT2D eigenvalue weighted by Gasteiger charge is -2.43. The van der Waals surface area contributed by atoms with E-state index in [4.69, 9.17) is 27.3 Å². The van der Waals surface area contributed by atoms with Crippen molar-refractivity contribution in [2.45, 2.75) is 19.8 Å². The predicted molar refractivity (Wildman–Crippen MR) is 80.9 cm³/mol. The van der Waals surface area contributed by atoms with E-state index >= 15 is 0 Å². The number of halogens is 1. The molecule has 0 bridgehead atoms. The van der Waals surface area contributed by atoms with Gasteiger partial charge in [-0.1, -0.05) is 23.7 Å². The van der Waals surface area contributed by atoms with E-state index in [-0.39, 0.29) is 11.7 Å². The van der Waals surface area contributed by atoms with Crippen molar-refractivity contribution >= 4 is 29.0 Å². The first-order chi connectivity index (χ1) is 9.92. The number of carbonyl (C=O) groups excluding carboxylic acids is 1. The molecule has 1 aromatic carbocycles. The standard InChI is InChI=1S/C14H18ClN3O3/c1-8-6-14(7-8,12(16)18-20)13(19)17-11-5-9(21-2)3-4-10(11)15/h3-5,8,20H,6-7H2,1-2H3,(H2,16,18)(H,17,19). The van der Waals surface area contributed by atoms with Crippen LogP contribution in [0.4, 0.5) is 5.69 Å². The quantitative estimate of drug-likeness (QED) is 0.344. The lowest BCUT2D eigenvalue weighted by atomic mass is 9.61. The second-order valence-corrected chi connectivity index (χ2v) is 5.79. The molecule has 21 heavy (non-hydrogen) atoms. The number of nitrogens with two attached hydrogens (primary N) is 1. The number of ether oxygens (including phenoxy) is 1. The number of benzene rings is 1. The summed E-state index contributed by atoms with van der Waals surface area (Å²) in [6, 6.07) is 4.96. The summed E-state index contributed by atoms with van der Waals surface area (Å²) in [6.45, 7) is 2.01. The third-order valence-electron chi connectivity index (χ3n) is 3.85. The summed E-state index contributed by atoms with van der Waals surface area (Å²) in [5.74, 6) is 0.523. The van der Waals surface area contributed by atoms with E-state index in [1.807, 2.05) is 6.92 Å². The summed E-state index contributed by atoms with van der Waals surface area (Å²) >= 11 is 6.07.